The van der Waals surface area contributed by atoms with Gasteiger partial charge in [-0.15, -0.1) is 11.8 Å². The van der Waals surface area contributed by atoms with Crippen LogP contribution in [0.5, 0.6) is 0 Å². The van der Waals surface area contributed by atoms with Crippen LogP contribution in [0.1, 0.15) is 12.8 Å². The third-order valence-electron chi connectivity index (χ3n) is 2.59. The van der Waals surface area contributed by atoms with Crippen molar-refractivity contribution in [1.82, 2.24) is 9.97 Å². The van der Waals surface area contributed by atoms with Crippen LogP contribution < -0.4 is 11.1 Å². The van der Waals surface area contributed by atoms with Gasteiger partial charge in [0, 0.05) is 12.6 Å². The van der Waals surface area contributed by atoms with Gasteiger partial charge in [-0.3, -0.25) is 4.79 Å². The van der Waals surface area contributed by atoms with E-state index >= 15 is 0 Å². The molecule has 0 aliphatic carbocycles. The van der Waals surface area contributed by atoms with Crippen molar-refractivity contribution in [3.63, 3.8) is 0 Å². The highest BCUT2D eigenvalue weighted by Gasteiger charge is 2.04. The van der Waals surface area contributed by atoms with Gasteiger partial charge in [0.2, 0.25) is 5.91 Å². The van der Waals surface area contributed by atoms with Crippen LogP contribution in [0.4, 0.5) is 11.4 Å². The number of aromatic nitrogens is 2. The minimum absolute atomic E-state index is 0.0220. The molecule has 0 spiro atoms. The fourth-order valence-electron chi connectivity index (χ4n) is 1.60. The Kier molecular flexibility index (Phi) is 5.37. The molecule has 1 aromatic carbocycles. The Morgan fingerprint density at radius 1 is 1.30 bits per heavy atom. The van der Waals surface area contributed by atoms with E-state index in [-0.39, 0.29) is 5.91 Å². The molecular formula is C14H16N4OS. The molecule has 0 atom stereocenters. The van der Waals surface area contributed by atoms with Crippen LogP contribution in [0.25, 0.3) is 0 Å². The molecule has 5 nitrogen and oxygen atoms in total. The quantitative estimate of drug-likeness (QED) is 0.369. The van der Waals surface area contributed by atoms with Crippen molar-refractivity contribution in [1.29, 1.82) is 0 Å². The summed E-state index contributed by atoms with van der Waals surface area (Å²) in [4.78, 5) is 19.7. The first kappa shape index (κ1) is 14.3. The van der Waals surface area contributed by atoms with Gasteiger partial charge in [0.05, 0.1) is 16.4 Å². The van der Waals surface area contributed by atoms with E-state index in [0.717, 1.165) is 17.2 Å². The second kappa shape index (κ2) is 7.49. The van der Waals surface area contributed by atoms with Crippen LogP contribution >= 0.6 is 11.8 Å². The average Bonchev–Trinajstić information content (AvgIpc) is 2.47. The number of thioether (sulfide) groups is 1. The first-order valence-corrected chi connectivity index (χ1v) is 7.27. The van der Waals surface area contributed by atoms with Crippen LogP contribution in [-0.4, -0.2) is 21.6 Å². The van der Waals surface area contributed by atoms with Crippen molar-refractivity contribution >= 4 is 29.0 Å². The first-order valence-electron chi connectivity index (χ1n) is 6.29. The summed E-state index contributed by atoms with van der Waals surface area (Å²) in [6.45, 7) is 0. The standard InChI is InChI=1S/C14H16N4OS/c15-11-4-1-2-5-12(11)18-13(19)6-3-9-20-14-7-8-16-10-17-14/h1-2,4-5,7-8,10H,3,6,9,15H2,(H,18,19). The van der Waals surface area contributed by atoms with Gasteiger partial charge >= 0.3 is 0 Å². The number of para-hydroxylation sites is 2. The highest BCUT2D eigenvalue weighted by molar-refractivity contribution is 7.99. The highest BCUT2D eigenvalue weighted by atomic mass is 32.2. The lowest BCUT2D eigenvalue weighted by Crippen LogP contribution is -2.12. The summed E-state index contributed by atoms with van der Waals surface area (Å²) in [5.41, 5.74) is 7.01. The Hall–Kier alpha value is -2.08. The second-order valence-corrected chi connectivity index (χ2v) is 5.25. The molecule has 1 aromatic heterocycles. The van der Waals surface area contributed by atoms with Crippen molar-refractivity contribution in [2.24, 2.45) is 0 Å². The lowest BCUT2D eigenvalue weighted by Gasteiger charge is -2.07. The lowest BCUT2D eigenvalue weighted by molar-refractivity contribution is -0.116. The molecule has 0 unspecified atom stereocenters. The van der Waals surface area contributed by atoms with Gasteiger partial charge in [-0.2, -0.15) is 0 Å². The molecule has 0 bridgehead atoms. The number of benzene rings is 1. The third-order valence-corrected chi connectivity index (χ3v) is 3.62. The van der Waals surface area contributed by atoms with Crippen LogP contribution in [0, 0.1) is 0 Å². The summed E-state index contributed by atoms with van der Waals surface area (Å²) in [5, 5.41) is 3.73. The summed E-state index contributed by atoms with van der Waals surface area (Å²) in [6, 6.07) is 9.10. The Balaban J connectivity index is 1.69. The number of hydrogen-bond acceptors (Lipinski definition) is 5. The summed E-state index contributed by atoms with van der Waals surface area (Å²) in [7, 11) is 0. The van der Waals surface area contributed by atoms with Crippen molar-refractivity contribution in [3.8, 4) is 0 Å². The van der Waals surface area contributed by atoms with Crippen LogP contribution in [0.3, 0.4) is 0 Å². The van der Waals surface area contributed by atoms with E-state index in [0.29, 0.717) is 17.8 Å². The Morgan fingerprint density at radius 2 is 2.15 bits per heavy atom. The number of nitrogens with one attached hydrogen (secondary N) is 1. The maximum Gasteiger partial charge on any atom is 0.224 e. The van der Waals surface area contributed by atoms with E-state index in [1.165, 1.54) is 6.33 Å². The summed E-state index contributed by atoms with van der Waals surface area (Å²) in [5.74, 6) is 0.820. The fraction of sp³-hybridized carbons (Fsp3) is 0.214. The van der Waals surface area contributed by atoms with E-state index in [1.54, 1.807) is 30.1 Å². The molecule has 2 rings (SSSR count). The van der Waals surface area contributed by atoms with Gasteiger partial charge in [-0.1, -0.05) is 12.1 Å². The number of anilines is 2. The molecule has 6 heteroatoms. The number of nitrogen functional groups attached to an aromatic ring is 1. The van der Waals surface area contributed by atoms with Crippen molar-refractivity contribution < 1.29 is 4.79 Å². The van der Waals surface area contributed by atoms with E-state index in [9.17, 15) is 4.79 Å². The van der Waals surface area contributed by atoms with Gasteiger partial charge in [-0.05, 0) is 30.4 Å². The number of nitrogens with two attached hydrogens (primary N) is 1. The summed E-state index contributed by atoms with van der Waals surface area (Å²) >= 11 is 1.62. The van der Waals surface area contributed by atoms with Crippen LogP contribution in [-0.2, 0) is 4.79 Å². The first-order chi connectivity index (χ1) is 9.75. The molecule has 1 heterocycles. The fourth-order valence-corrected chi connectivity index (χ4v) is 2.37. The predicted octanol–water partition coefficient (Wildman–Crippen LogP) is 2.57. The monoisotopic (exact) mass is 288 g/mol. The smallest absolute Gasteiger partial charge is 0.224 e. The Morgan fingerprint density at radius 3 is 2.90 bits per heavy atom. The van der Waals surface area contributed by atoms with Crippen molar-refractivity contribution in [3.05, 3.63) is 42.9 Å². The second-order valence-electron chi connectivity index (χ2n) is 4.14. The molecule has 3 N–H and O–H groups in total. The zero-order valence-corrected chi connectivity index (χ0v) is 11.8. The normalized spacial score (nSPS) is 10.2. The SMILES string of the molecule is Nc1ccccc1NC(=O)CCCSc1ccncn1. The number of carbonyl (C=O) groups excluding carboxylic acids is 1. The van der Waals surface area contributed by atoms with Gasteiger partial charge < -0.3 is 11.1 Å². The van der Waals surface area contributed by atoms with E-state index in [2.05, 4.69) is 15.3 Å². The number of amides is 1. The van der Waals surface area contributed by atoms with Gasteiger partial charge in [-0.25, -0.2) is 9.97 Å². The molecule has 0 saturated carbocycles. The molecule has 0 aliphatic heterocycles. The number of hydrogen-bond donors (Lipinski definition) is 2. The topological polar surface area (TPSA) is 80.9 Å². The van der Waals surface area contributed by atoms with E-state index in [4.69, 9.17) is 5.73 Å². The van der Waals surface area contributed by atoms with E-state index < -0.39 is 0 Å². The van der Waals surface area contributed by atoms with Gasteiger partial charge in [0.25, 0.3) is 0 Å². The molecule has 20 heavy (non-hydrogen) atoms. The zero-order valence-electron chi connectivity index (χ0n) is 11.0. The Labute approximate surface area is 122 Å². The number of rotatable bonds is 6. The highest BCUT2D eigenvalue weighted by Crippen LogP contribution is 2.18. The number of nitrogens with zero attached hydrogens (tertiary/aromatic N) is 2. The molecule has 1 amide bonds. The average molecular weight is 288 g/mol. The van der Waals surface area contributed by atoms with Crippen molar-refractivity contribution in [2.75, 3.05) is 16.8 Å². The number of carbonyl (C=O) groups is 1. The van der Waals surface area contributed by atoms with E-state index in [1.807, 2.05) is 18.2 Å². The maximum absolute atomic E-state index is 11.8. The van der Waals surface area contributed by atoms with Gasteiger partial charge in [0.15, 0.2) is 0 Å². The lowest BCUT2D eigenvalue weighted by atomic mass is 10.2. The molecule has 0 aliphatic rings. The largest absolute Gasteiger partial charge is 0.397 e. The molecule has 0 radical (unpaired) electrons. The van der Waals surface area contributed by atoms with Crippen LogP contribution in [0.15, 0.2) is 47.9 Å². The molecule has 0 saturated heterocycles. The van der Waals surface area contributed by atoms with Gasteiger partial charge in [0.1, 0.15) is 6.33 Å². The van der Waals surface area contributed by atoms with Crippen molar-refractivity contribution in [2.45, 2.75) is 17.9 Å². The zero-order chi connectivity index (χ0) is 14.2. The minimum atomic E-state index is -0.0220. The third kappa shape index (κ3) is 4.55. The molecule has 104 valence electrons. The Bertz CT molecular complexity index is 562. The molecular weight excluding hydrogens is 272 g/mol. The molecule has 2 aromatic rings. The molecule has 0 fully saturated rings. The predicted molar refractivity (Wildman–Crippen MR) is 81.5 cm³/mol. The maximum atomic E-state index is 11.8. The van der Waals surface area contributed by atoms with Crippen LogP contribution in [0.2, 0.25) is 0 Å². The summed E-state index contributed by atoms with van der Waals surface area (Å²) in [6.07, 6.45) is 4.48. The summed E-state index contributed by atoms with van der Waals surface area (Å²) < 4.78 is 0. The minimum Gasteiger partial charge on any atom is -0.397 e.